The Morgan fingerprint density at radius 3 is 2.26 bits per heavy atom. The van der Waals surface area contributed by atoms with Gasteiger partial charge in [0.15, 0.2) is 5.78 Å². The molecule has 0 unspecified atom stereocenters. The molecule has 0 spiro atoms. The van der Waals surface area contributed by atoms with E-state index < -0.39 is 0 Å². The van der Waals surface area contributed by atoms with E-state index in [9.17, 15) is 9.90 Å². The Hall–Kier alpha value is -2.29. The molecule has 0 amide bonds. The minimum atomic E-state index is -0.0820. The molecular weight excluding hydrogens is 240 g/mol. The molecule has 0 heterocycles. The minimum Gasteiger partial charge on any atom is -0.508 e. The Bertz CT molecular complexity index is 630. The second-order valence-electron chi connectivity index (χ2n) is 4.51. The van der Waals surface area contributed by atoms with Gasteiger partial charge in [-0.05, 0) is 49.2 Å². The van der Waals surface area contributed by atoms with Crippen molar-refractivity contribution in [3.05, 3.63) is 58.7 Å². The number of carbonyl (C=O) groups is 1. The Labute approximate surface area is 112 Å². The first-order valence-corrected chi connectivity index (χ1v) is 6.02. The van der Waals surface area contributed by atoms with E-state index in [1.165, 1.54) is 6.07 Å². The van der Waals surface area contributed by atoms with Crippen LogP contribution in [0, 0.1) is 13.8 Å². The fraction of sp³-hybridized carbons (Fsp3) is 0.188. The highest BCUT2D eigenvalue weighted by Crippen LogP contribution is 2.23. The number of ether oxygens (including phenoxy) is 1. The molecule has 0 fully saturated rings. The first-order chi connectivity index (χ1) is 9.02. The fourth-order valence-electron chi connectivity index (χ4n) is 1.92. The van der Waals surface area contributed by atoms with Crippen LogP contribution < -0.4 is 4.74 Å². The highest BCUT2D eigenvalue weighted by molar-refractivity contribution is 6.09. The van der Waals surface area contributed by atoms with Crippen molar-refractivity contribution in [1.29, 1.82) is 0 Å². The Balaban J connectivity index is 2.41. The minimum absolute atomic E-state index is 0.0820. The maximum atomic E-state index is 12.4. The highest BCUT2D eigenvalue weighted by atomic mass is 16.5. The van der Waals surface area contributed by atoms with E-state index in [1.54, 1.807) is 38.3 Å². The van der Waals surface area contributed by atoms with Gasteiger partial charge in [-0.25, -0.2) is 0 Å². The number of hydrogen-bond donors (Lipinski definition) is 1. The number of aromatic hydroxyl groups is 1. The number of carbonyl (C=O) groups excluding carboxylic acids is 1. The van der Waals surface area contributed by atoms with Gasteiger partial charge in [-0.15, -0.1) is 0 Å². The number of ketones is 1. The van der Waals surface area contributed by atoms with E-state index in [0.29, 0.717) is 22.4 Å². The molecule has 0 saturated heterocycles. The van der Waals surface area contributed by atoms with Gasteiger partial charge in [-0.3, -0.25) is 4.79 Å². The summed E-state index contributed by atoms with van der Waals surface area (Å²) in [5.41, 5.74) is 2.81. The van der Waals surface area contributed by atoms with Crippen molar-refractivity contribution in [2.24, 2.45) is 0 Å². The molecule has 0 aliphatic carbocycles. The zero-order valence-electron chi connectivity index (χ0n) is 11.2. The van der Waals surface area contributed by atoms with Crippen molar-refractivity contribution in [3.63, 3.8) is 0 Å². The summed E-state index contributed by atoms with van der Waals surface area (Å²) in [5, 5.41) is 9.48. The topological polar surface area (TPSA) is 46.5 Å². The van der Waals surface area contributed by atoms with E-state index in [2.05, 4.69) is 0 Å². The molecule has 3 heteroatoms. The predicted molar refractivity (Wildman–Crippen MR) is 74.0 cm³/mol. The number of benzene rings is 2. The molecule has 2 aromatic rings. The van der Waals surface area contributed by atoms with Crippen molar-refractivity contribution in [3.8, 4) is 11.5 Å². The van der Waals surface area contributed by atoms with Crippen LogP contribution in [0.15, 0.2) is 36.4 Å². The molecule has 2 aromatic carbocycles. The van der Waals surface area contributed by atoms with Crippen LogP contribution >= 0.6 is 0 Å². The SMILES string of the molecule is COc1cc(C(=O)c2ccc(O)c(C)c2)ccc1C. The molecule has 0 saturated carbocycles. The average molecular weight is 256 g/mol. The van der Waals surface area contributed by atoms with Gasteiger partial charge in [0.2, 0.25) is 0 Å². The van der Waals surface area contributed by atoms with Gasteiger partial charge in [-0.1, -0.05) is 12.1 Å². The predicted octanol–water partition coefficient (Wildman–Crippen LogP) is 3.25. The Morgan fingerprint density at radius 2 is 1.63 bits per heavy atom. The maximum Gasteiger partial charge on any atom is 0.193 e. The monoisotopic (exact) mass is 256 g/mol. The van der Waals surface area contributed by atoms with E-state index in [0.717, 1.165) is 5.56 Å². The van der Waals surface area contributed by atoms with E-state index in [1.807, 2.05) is 13.0 Å². The lowest BCUT2D eigenvalue weighted by molar-refractivity contribution is 0.103. The molecule has 0 aliphatic rings. The summed E-state index contributed by atoms with van der Waals surface area (Å²) in [6.45, 7) is 3.69. The smallest absolute Gasteiger partial charge is 0.193 e. The summed E-state index contributed by atoms with van der Waals surface area (Å²) in [7, 11) is 1.58. The van der Waals surface area contributed by atoms with Gasteiger partial charge in [0.25, 0.3) is 0 Å². The van der Waals surface area contributed by atoms with Crippen LogP contribution in [0.4, 0.5) is 0 Å². The second-order valence-corrected chi connectivity index (χ2v) is 4.51. The molecule has 2 rings (SSSR count). The van der Waals surface area contributed by atoms with Gasteiger partial charge in [-0.2, -0.15) is 0 Å². The fourth-order valence-corrected chi connectivity index (χ4v) is 1.92. The maximum absolute atomic E-state index is 12.4. The number of methoxy groups -OCH3 is 1. The van der Waals surface area contributed by atoms with Crippen molar-refractivity contribution in [1.82, 2.24) is 0 Å². The molecule has 1 N–H and O–H groups in total. The molecule has 0 radical (unpaired) electrons. The quantitative estimate of drug-likeness (QED) is 0.857. The van der Waals surface area contributed by atoms with Crippen LogP contribution in [-0.2, 0) is 0 Å². The number of aryl methyl sites for hydroxylation is 2. The van der Waals surface area contributed by atoms with Crippen molar-refractivity contribution in [2.45, 2.75) is 13.8 Å². The standard InChI is InChI=1S/C16H16O3/c1-10-4-5-13(9-15(10)19-3)16(18)12-6-7-14(17)11(2)8-12/h4-9,17H,1-3H3. The third-order valence-electron chi connectivity index (χ3n) is 3.13. The van der Waals surface area contributed by atoms with Gasteiger partial charge in [0.05, 0.1) is 7.11 Å². The summed E-state index contributed by atoms with van der Waals surface area (Å²) < 4.78 is 5.22. The largest absolute Gasteiger partial charge is 0.508 e. The van der Waals surface area contributed by atoms with Crippen LogP contribution in [0.2, 0.25) is 0 Å². The number of hydrogen-bond acceptors (Lipinski definition) is 3. The molecular formula is C16H16O3. The van der Waals surface area contributed by atoms with E-state index >= 15 is 0 Å². The third-order valence-corrected chi connectivity index (χ3v) is 3.13. The van der Waals surface area contributed by atoms with E-state index in [-0.39, 0.29) is 11.5 Å². The van der Waals surface area contributed by atoms with Crippen LogP contribution in [0.5, 0.6) is 11.5 Å². The summed E-state index contributed by atoms with van der Waals surface area (Å²) in [4.78, 5) is 12.4. The summed E-state index contributed by atoms with van der Waals surface area (Å²) in [6, 6.07) is 10.2. The lowest BCUT2D eigenvalue weighted by atomic mass is 10.00. The Morgan fingerprint density at radius 1 is 1.00 bits per heavy atom. The van der Waals surface area contributed by atoms with Gasteiger partial charge >= 0.3 is 0 Å². The van der Waals surface area contributed by atoms with Gasteiger partial charge < -0.3 is 9.84 Å². The molecule has 0 bridgehead atoms. The summed E-state index contributed by atoms with van der Waals surface area (Å²) in [5.74, 6) is 0.806. The van der Waals surface area contributed by atoms with Crippen LogP contribution in [0.25, 0.3) is 0 Å². The molecule has 19 heavy (non-hydrogen) atoms. The van der Waals surface area contributed by atoms with Gasteiger partial charge in [0.1, 0.15) is 11.5 Å². The Kier molecular flexibility index (Phi) is 3.56. The van der Waals surface area contributed by atoms with Crippen LogP contribution in [0.1, 0.15) is 27.0 Å². The van der Waals surface area contributed by atoms with Gasteiger partial charge in [0, 0.05) is 11.1 Å². The molecule has 98 valence electrons. The first kappa shape index (κ1) is 13.1. The third kappa shape index (κ3) is 2.60. The zero-order valence-corrected chi connectivity index (χ0v) is 11.2. The lowest BCUT2D eigenvalue weighted by Gasteiger charge is -2.08. The molecule has 0 atom stereocenters. The molecule has 3 nitrogen and oxygen atoms in total. The van der Waals surface area contributed by atoms with E-state index in [4.69, 9.17) is 4.74 Å². The van der Waals surface area contributed by atoms with Crippen molar-refractivity contribution >= 4 is 5.78 Å². The number of phenolic OH excluding ortho intramolecular Hbond substituents is 1. The van der Waals surface area contributed by atoms with Crippen molar-refractivity contribution in [2.75, 3.05) is 7.11 Å². The first-order valence-electron chi connectivity index (χ1n) is 6.02. The normalized spacial score (nSPS) is 10.3. The lowest BCUT2D eigenvalue weighted by Crippen LogP contribution is -2.02. The van der Waals surface area contributed by atoms with Crippen molar-refractivity contribution < 1.29 is 14.6 Å². The number of phenols is 1. The summed E-state index contributed by atoms with van der Waals surface area (Å²) in [6.07, 6.45) is 0. The summed E-state index contributed by atoms with van der Waals surface area (Å²) >= 11 is 0. The molecule has 0 aliphatic heterocycles. The second kappa shape index (κ2) is 5.14. The van der Waals surface area contributed by atoms with Crippen LogP contribution in [-0.4, -0.2) is 18.0 Å². The average Bonchev–Trinajstić information content (AvgIpc) is 2.41. The van der Waals surface area contributed by atoms with Crippen LogP contribution in [0.3, 0.4) is 0 Å². The number of rotatable bonds is 3. The zero-order chi connectivity index (χ0) is 14.0. The molecule has 0 aromatic heterocycles. The highest BCUT2D eigenvalue weighted by Gasteiger charge is 2.12.